The van der Waals surface area contributed by atoms with Gasteiger partial charge in [0.15, 0.2) is 0 Å². The fourth-order valence-electron chi connectivity index (χ4n) is 2.89. The lowest BCUT2D eigenvalue weighted by Gasteiger charge is -2.34. The molecule has 0 bridgehead atoms. The zero-order chi connectivity index (χ0) is 16.7. The molecule has 1 aromatic rings. The van der Waals surface area contributed by atoms with Crippen LogP contribution in [0.25, 0.3) is 0 Å². The lowest BCUT2D eigenvalue weighted by Crippen LogP contribution is -2.49. The van der Waals surface area contributed by atoms with Crippen molar-refractivity contribution in [1.82, 2.24) is 5.32 Å². The first-order valence-corrected chi connectivity index (χ1v) is 8.37. The van der Waals surface area contributed by atoms with Gasteiger partial charge < -0.3 is 20.5 Å². The first kappa shape index (κ1) is 20.7. The van der Waals surface area contributed by atoms with Crippen LogP contribution in [0.1, 0.15) is 38.2 Å². The second-order valence-corrected chi connectivity index (χ2v) is 6.39. The van der Waals surface area contributed by atoms with Crippen LogP contribution in [-0.2, 0) is 9.53 Å². The molecule has 2 rings (SSSR count). The quantitative estimate of drug-likeness (QED) is 0.736. The highest BCUT2D eigenvalue weighted by Gasteiger charge is 2.38. The highest BCUT2D eigenvalue weighted by molar-refractivity contribution is 5.85. The highest BCUT2D eigenvalue weighted by atomic mass is 35.5. The number of halogens is 1. The van der Waals surface area contributed by atoms with Gasteiger partial charge in [0.25, 0.3) is 0 Å². The summed E-state index contributed by atoms with van der Waals surface area (Å²) in [5.41, 5.74) is 6.54. The van der Waals surface area contributed by atoms with E-state index in [9.17, 15) is 4.79 Å². The Morgan fingerprint density at radius 1 is 1.33 bits per heavy atom. The van der Waals surface area contributed by atoms with Crippen molar-refractivity contribution >= 4 is 18.3 Å². The van der Waals surface area contributed by atoms with Gasteiger partial charge in [0.05, 0.1) is 12.0 Å². The van der Waals surface area contributed by atoms with Gasteiger partial charge in [0.1, 0.15) is 12.4 Å². The number of hydrogen-bond donors (Lipinski definition) is 2. The molecule has 1 fully saturated rings. The van der Waals surface area contributed by atoms with E-state index in [1.807, 2.05) is 18.2 Å². The fraction of sp³-hybridized carbons (Fsp3) is 0.611. The molecule has 1 aliphatic rings. The van der Waals surface area contributed by atoms with Crippen LogP contribution in [0.4, 0.5) is 0 Å². The Kier molecular flexibility index (Phi) is 8.53. The van der Waals surface area contributed by atoms with E-state index < -0.39 is 5.41 Å². The molecule has 0 aliphatic carbocycles. The normalized spacial score (nSPS) is 16.3. The summed E-state index contributed by atoms with van der Waals surface area (Å²) in [6.45, 7) is 6.77. The topological polar surface area (TPSA) is 73.6 Å². The Labute approximate surface area is 150 Å². The molecular weight excluding hydrogens is 328 g/mol. The largest absolute Gasteiger partial charge is 0.491 e. The molecule has 0 saturated carbocycles. The maximum atomic E-state index is 12.4. The number of rotatable bonds is 7. The number of para-hydroxylation sites is 1. The minimum atomic E-state index is -0.478. The molecule has 1 heterocycles. The maximum absolute atomic E-state index is 12.4. The number of amides is 1. The van der Waals surface area contributed by atoms with Crippen molar-refractivity contribution in [3.63, 3.8) is 0 Å². The van der Waals surface area contributed by atoms with E-state index >= 15 is 0 Å². The summed E-state index contributed by atoms with van der Waals surface area (Å²) in [7, 11) is 0. The van der Waals surface area contributed by atoms with E-state index in [0.717, 1.165) is 5.75 Å². The predicted octanol–water partition coefficient (Wildman–Crippen LogP) is 2.48. The molecule has 1 aliphatic heterocycles. The predicted molar refractivity (Wildman–Crippen MR) is 97.8 cm³/mol. The maximum Gasteiger partial charge on any atom is 0.227 e. The van der Waals surface area contributed by atoms with Gasteiger partial charge in [-0.15, -0.1) is 12.4 Å². The molecule has 0 radical (unpaired) electrons. The van der Waals surface area contributed by atoms with Crippen LogP contribution in [0.2, 0.25) is 0 Å². The van der Waals surface area contributed by atoms with Crippen molar-refractivity contribution < 1.29 is 14.3 Å². The highest BCUT2D eigenvalue weighted by Crippen LogP contribution is 2.29. The summed E-state index contributed by atoms with van der Waals surface area (Å²) < 4.78 is 11.2. The van der Waals surface area contributed by atoms with Crippen LogP contribution in [0.15, 0.2) is 24.3 Å². The minimum absolute atomic E-state index is 0. The average molecular weight is 357 g/mol. The Hall–Kier alpha value is -1.30. The van der Waals surface area contributed by atoms with Gasteiger partial charge in [-0.1, -0.05) is 32.0 Å². The van der Waals surface area contributed by atoms with Crippen molar-refractivity contribution in [2.24, 2.45) is 11.1 Å². The van der Waals surface area contributed by atoms with Crippen molar-refractivity contribution in [2.75, 3.05) is 32.9 Å². The Balaban J connectivity index is 0.00000288. The third kappa shape index (κ3) is 5.10. The Bertz CT molecular complexity index is 517. The standard InChI is InChI=1S/C18H28N2O3.ClH/c1-14(2)15-5-3-4-6-16(15)23-12-9-20-17(21)18(13-19)7-10-22-11-8-18;/h3-6,14H,7-13,19H2,1-2H3,(H,20,21);1H. The number of carbonyl (C=O) groups is 1. The van der Waals surface area contributed by atoms with Crippen molar-refractivity contribution in [3.05, 3.63) is 29.8 Å². The summed E-state index contributed by atoms with van der Waals surface area (Å²) in [6, 6.07) is 8.02. The molecular formula is C18H29ClN2O3. The van der Waals surface area contributed by atoms with E-state index in [1.165, 1.54) is 5.56 Å². The molecule has 0 aromatic heterocycles. The van der Waals surface area contributed by atoms with E-state index in [-0.39, 0.29) is 18.3 Å². The minimum Gasteiger partial charge on any atom is -0.491 e. The van der Waals surface area contributed by atoms with Crippen LogP contribution >= 0.6 is 12.4 Å². The van der Waals surface area contributed by atoms with Gasteiger partial charge in [0.2, 0.25) is 5.91 Å². The molecule has 0 unspecified atom stereocenters. The van der Waals surface area contributed by atoms with E-state index in [4.69, 9.17) is 15.2 Å². The van der Waals surface area contributed by atoms with Crippen LogP contribution < -0.4 is 15.8 Å². The monoisotopic (exact) mass is 356 g/mol. The molecule has 0 atom stereocenters. The van der Waals surface area contributed by atoms with Crippen molar-refractivity contribution in [2.45, 2.75) is 32.6 Å². The first-order valence-electron chi connectivity index (χ1n) is 8.37. The lowest BCUT2D eigenvalue weighted by molar-refractivity contribution is -0.136. The number of carbonyl (C=O) groups excluding carboxylic acids is 1. The number of benzene rings is 1. The van der Waals surface area contributed by atoms with Crippen LogP contribution in [0, 0.1) is 5.41 Å². The van der Waals surface area contributed by atoms with Gasteiger partial charge in [-0.3, -0.25) is 4.79 Å². The Morgan fingerprint density at radius 3 is 2.62 bits per heavy atom. The molecule has 0 spiro atoms. The molecule has 6 heteroatoms. The Morgan fingerprint density at radius 2 is 2.00 bits per heavy atom. The summed E-state index contributed by atoms with van der Waals surface area (Å²) in [5.74, 6) is 1.31. The number of nitrogens with one attached hydrogen (secondary N) is 1. The second kappa shape index (κ2) is 9.87. The summed E-state index contributed by atoms with van der Waals surface area (Å²) in [4.78, 5) is 12.4. The molecule has 3 N–H and O–H groups in total. The van der Waals surface area contributed by atoms with E-state index in [1.54, 1.807) is 0 Å². The van der Waals surface area contributed by atoms with Gasteiger partial charge in [0, 0.05) is 19.8 Å². The molecule has 24 heavy (non-hydrogen) atoms. The average Bonchev–Trinajstić information content (AvgIpc) is 2.59. The fourth-order valence-corrected chi connectivity index (χ4v) is 2.89. The van der Waals surface area contributed by atoms with Gasteiger partial charge >= 0.3 is 0 Å². The van der Waals surface area contributed by atoms with Crippen LogP contribution in [0.3, 0.4) is 0 Å². The second-order valence-electron chi connectivity index (χ2n) is 6.39. The molecule has 1 amide bonds. The molecule has 1 aromatic carbocycles. The lowest BCUT2D eigenvalue weighted by atomic mass is 9.79. The third-order valence-electron chi connectivity index (χ3n) is 4.51. The van der Waals surface area contributed by atoms with Gasteiger partial charge in [-0.2, -0.15) is 0 Å². The zero-order valence-corrected chi connectivity index (χ0v) is 15.4. The van der Waals surface area contributed by atoms with Crippen LogP contribution in [-0.4, -0.2) is 38.8 Å². The summed E-state index contributed by atoms with van der Waals surface area (Å²) in [6.07, 6.45) is 1.37. The SMILES string of the molecule is CC(C)c1ccccc1OCCNC(=O)C1(CN)CCOCC1.Cl. The number of ether oxygens (including phenoxy) is 2. The van der Waals surface area contributed by atoms with Crippen molar-refractivity contribution in [3.8, 4) is 5.75 Å². The number of nitrogens with two attached hydrogens (primary N) is 1. The first-order chi connectivity index (χ1) is 11.1. The smallest absolute Gasteiger partial charge is 0.227 e. The molecule has 1 saturated heterocycles. The van der Waals surface area contributed by atoms with Gasteiger partial charge in [-0.05, 0) is 30.4 Å². The molecule has 136 valence electrons. The zero-order valence-electron chi connectivity index (χ0n) is 14.5. The van der Waals surface area contributed by atoms with Crippen LogP contribution in [0.5, 0.6) is 5.75 Å². The summed E-state index contributed by atoms with van der Waals surface area (Å²) >= 11 is 0. The summed E-state index contributed by atoms with van der Waals surface area (Å²) in [5, 5.41) is 2.96. The third-order valence-corrected chi connectivity index (χ3v) is 4.51. The van der Waals surface area contributed by atoms with E-state index in [2.05, 4.69) is 25.2 Å². The van der Waals surface area contributed by atoms with Crippen molar-refractivity contribution in [1.29, 1.82) is 0 Å². The van der Waals surface area contributed by atoms with Gasteiger partial charge in [-0.25, -0.2) is 0 Å². The number of hydrogen-bond acceptors (Lipinski definition) is 4. The van der Waals surface area contributed by atoms with E-state index in [0.29, 0.717) is 51.7 Å². The molecule has 5 nitrogen and oxygen atoms in total.